The fourth-order valence-corrected chi connectivity index (χ4v) is 3.54. The SMILES string of the molecule is O=[N+]([O-])c1ccc(NC(c2ccccc2)(c2ccccc2)c2ccccc2)nc1. The highest BCUT2D eigenvalue weighted by atomic mass is 16.6. The molecule has 0 radical (unpaired) electrons. The molecule has 29 heavy (non-hydrogen) atoms. The molecule has 0 saturated heterocycles. The zero-order valence-electron chi connectivity index (χ0n) is 15.6. The Kier molecular flexibility index (Phi) is 5.03. The molecule has 1 N–H and O–H groups in total. The summed E-state index contributed by atoms with van der Waals surface area (Å²) < 4.78 is 0. The van der Waals surface area contributed by atoms with Crippen LogP contribution in [0.5, 0.6) is 0 Å². The van der Waals surface area contributed by atoms with E-state index in [2.05, 4.69) is 46.7 Å². The van der Waals surface area contributed by atoms with Crippen molar-refractivity contribution in [1.82, 2.24) is 4.98 Å². The van der Waals surface area contributed by atoms with Gasteiger partial charge < -0.3 is 5.32 Å². The van der Waals surface area contributed by atoms with Crippen LogP contribution in [0.1, 0.15) is 16.7 Å². The summed E-state index contributed by atoms with van der Waals surface area (Å²) in [4.78, 5) is 14.9. The quantitative estimate of drug-likeness (QED) is 0.276. The highest BCUT2D eigenvalue weighted by molar-refractivity contribution is 5.58. The van der Waals surface area contributed by atoms with Crippen LogP contribution in [0.15, 0.2) is 109 Å². The summed E-state index contributed by atoms with van der Waals surface area (Å²) in [5.41, 5.74) is 2.36. The van der Waals surface area contributed by atoms with Gasteiger partial charge in [0, 0.05) is 6.07 Å². The van der Waals surface area contributed by atoms with Gasteiger partial charge in [-0.15, -0.1) is 0 Å². The third-order valence-corrected chi connectivity index (χ3v) is 4.89. The molecule has 1 aromatic heterocycles. The van der Waals surface area contributed by atoms with E-state index in [-0.39, 0.29) is 5.69 Å². The van der Waals surface area contributed by atoms with Gasteiger partial charge in [-0.1, -0.05) is 91.0 Å². The van der Waals surface area contributed by atoms with Crippen molar-refractivity contribution in [1.29, 1.82) is 0 Å². The first-order chi connectivity index (χ1) is 14.2. The molecule has 0 aliphatic heterocycles. The number of nitrogens with zero attached hydrogens (tertiary/aromatic N) is 2. The Hall–Kier alpha value is -3.99. The normalized spacial score (nSPS) is 11.0. The minimum absolute atomic E-state index is 0.0414. The maximum atomic E-state index is 11.0. The highest BCUT2D eigenvalue weighted by Gasteiger charge is 2.36. The highest BCUT2D eigenvalue weighted by Crippen LogP contribution is 2.39. The Labute approximate surface area is 168 Å². The lowest BCUT2D eigenvalue weighted by molar-refractivity contribution is -0.385. The van der Waals surface area contributed by atoms with Crippen LogP contribution in [0.4, 0.5) is 11.5 Å². The Morgan fingerprint density at radius 1 is 0.690 bits per heavy atom. The number of nitrogens with one attached hydrogen (secondary N) is 1. The Bertz CT molecular complexity index is 987. The molecule has 0 atom stereocenters. The van der Waals surface area contributed by atoms with Gasteiger partial charge in [-0.2, -0.15) is 0 Å². The number of hydrogen-bond acceptors (Lipinski definition) is 4. The number of nitro groups is 1. The zero-order valence-corrected chi connectivity index (χ0v) is 15.6. The van der Waals surface area contributed by atoms with E-state index >= 15 is 0 Å². The van der Waals surface area contributed by atoms with Gasteiger partial charge in [0.1, 0.15) is 17.6 Å². The second-order valence-electron chi connectivity index (χ2n) is 6.63. The van der Waals surface area contributed by atoms with Gasteiger partial charge in [0.25, 0.3) is 5.69 Å². The number of pyridine rings is 1. The van der Waals surface area contributed by atoms with Crippen LogP contribution in [0.3, 0.4) is 0 Å². The van der Waals surface area contributed by atoms with Crippen LogP contribution in [-0.2, 0) is 5.54 Å². The van der Waals surface area contributed by atoms with Crippen LogP contribution in [0.2, 0.25) is 0 Å². The molecule has 0 saturated carbocycles. The van der Waals surface area contributed by atoms with Crippen molar-refractivity contribution < 1.29 is 4.92 Å². The van der Waals surface area contributed by atoms with Crippen LogP contribution in [0.25, 0.3) is 0 Å². The van der Waals surface area contributed by atoms with Gasteiger partial charge in [0.2, 0.25) is 0 Å². The second-order valence-corrected chi connectivity index (χ2v) is 6.63. The number of aromatic nitrogens is 1. The average molecular weight is 381 g/mol. The number of hydrogen-bond donors (Lipinski definition) is 1. The lowest BCUT2D eigenvalue weighted by Gasteiger charge is -2.37. The Morgan fingerprint density at radius 3 is 1.48 bits per heavy atom. The fraction of sp³-hybridized carbons (Fsp3) is 0.0417. The molecule has 0 fully saturated rings. The molecule has 0 amide bonds. The number of anilines is 1. The monoisotopic (exact) mass is 381 g/mol. The molecular formula is C24H19N3O2. The van der Waals surface area contributed by atoms with Crippen molar-refractivity contribution in [3.05, 3.63) is 136 Å². The van der Waals surface area contributed by atoms with Gasteiger partial charge in [0.05, 0.1) is 4.92 Å². The molecule has 0 aliphatic rings. The lowest BCUT2D eigenvalue weighted by atomic mass is 9.77. The smallest absolute Gasteiger partial charge is 0.287 e. The van der Waals surface area contributed by atoms with E-state index in [1.54, 1.807) is 6.07 Å². The van der Waals surface area contributed by atoms with E-state index in [0.717, 1.165) is 16.7 Å². The summed E-state index contributed by atoms with van der Waals surface area (Å²) in [7, 11) is 0. The summed E-state index contributed by atoms with van der Waals surface area (Å²) >= 11 is 0. The van der Waals surface area contributed by atoms with Gasteiger partial charge in [-0.25, -0.2) is 4.98 Å². The predicted molar refractivity (Wildman–Crippen MR) is 114 cm³/mol. The third kappa shape index (κ3) is 3.58. The summed E-state index contributed by atoms with van der Waals surface area (Å²) in [5, 5.41) is 14.6. The molecule has 5 heteroatoms. The lowest BCUT2D eigenvalue weighted by Crippen LogP contribution is -2.38. The van der Waals surface area contributed by atoms with Gasteiger partial charge in [-0.05, 0) is 22.8 Å². The maximum Gasteiger partial charge on any atom is 0.287 e. The average Bonchev–Trinajstić information content (AvgIpc) is 2.79. The first-order valence-electron chi connectivity index (χ1n) is 9.25. The molecule has 5 nitrogen and oxygen atoms in total. The number of benzene rings is 3. The summed E-state index contributed by atoms with van der Waals surface area (Å²) in [6.07, 6.45) is 1.27. The van der Waals surface area contributed by atoms with Crippen LogP contribution >= 0.6 is 0 Å². The predicted octanol–water partition coefficient (Wildman–Crippen LogP) is 5.39. The molecular weight excluding hydrogens is 362 g/mol. The topological polar surface area (TPSA) is 68.1 Å². The molecule has 0 bridgehead atoms. The van der Waals surface area contributed by atoms with Crippen molar-refractivity contribution in [2.24, 2.45) is 0 Å². The van der Waals surface area contributed by atoms with Crippen molar-refractivity contribution >= 4 is 11.5 Å². The van der Waals surface area contributed by atoms with E-state index in [1.807, 2.05) is 54.6 Å². The maximum absolute atomic E-state index is 11.0. The third-order valence-electron chi connectivity index (χ3n) is 4.89. The Morgan fingerprint density at radius 2 is 1.14 bits per heavy atom. The zero-order chi connectivity index (χ0) is 20.1. The first-order valence-corrected chi connectivity index (χ1v) is 9.25. The molecule has 142 valence electrons. The molecule has 3 aromatic carbocycles. The van der Waals surface area contributed by atoms with Gasteiger partial charge >= 0.3 is 0 Å². The second kappa shape index (κ2) is 7.94. The molecule has 4 aromatic rings. The molecule has 0 spiro atoms. The molecule has 0 aliphatic carbocycles. The van der Waals surface area contributed by atoms with E-state index in [9.17, 15) is 10.1 Å². The van der Waals surface area contributed by atoms with E-state index in [0.29, 0.717) is 5.82 Å². The van der Waals surface area contributed by atoms with Crippen LogP contribution in [-0.4, -0.2) is 9.91 Å². The van der Waals surface area contributed by atoms with Crippen molar-refractivity contribution in [2.75, 3.05) is 5.32 Å². The number of rotatable bonds is 6. The Balaban J connectivity index is 1.93. The van der Waals surface area contributed by atoms with E-state index < -0.39 is 10.5 Å². The van der Waals surface area contributed by atoms with Crippen LogP contribution in [0, 0.1) is 10.1 Å². The van der Waals surface area contributed by atoms with Crippen molar-refractivity contribution in [3.8, 4) is 0 Å². The standard InChI is InChI=1S/C24H19N3O2/c28-27(29)22-16-17-23(25-18-22)26-24(19-10-4-1-5-11-19,20-12-6-2-7-13-20)21-14-8-3-9-15-21/h1-18H,(H,25,26). The van der Waals surface area contributed by atoms with Crippen molar-refractivity contribution in [2.45, 2.75) is 5.54 Å². The largest absolute Gasteiger partial charge is 0.353 e. The van der Waals surface area contributed by atoms with Gasteiger partial charge in [0.15, 0.2) is 0 Å². The van der Waals surface area contributed by atoms with Crippen molar-refractivity contribution in [3.63, 3.8) is 0 Å². The van der Waals surface area contributed by atoms with E-state index in [1.165, 1.54) is 12.3 Å². The minimum Gasteiger partial charge on any atom is -0.353 e. The first kappa shape index (κ1) is 18.4. The van der Waals surface area contributed by atoms with E-state index in [4.69, 9.17) is 0 Å². The van der Waals surface area contributed by atoms with Gasteiger partial charge in [-0.3, -0.25) is 10.1 Å². The molecule has 1 heterocycles. The minimum atomic E-state index is -0.715. The fourth-order valence-electron chi connectivity index (χ4n) is 3.54. The summed E-state index contributed by atoms with van der Waals surface area (Å²) in [5.74, 6) is 0.548. The molecule has 0 unspecified atom stereocenters. The van der Waals surface area contributed by atoms with Crippen LogP contribution < -0.4 is 5.32 Å². The summed E-state index contributed by atoms with van der Waals surface area (Å²) in [6.45, 7) is 0. The molecule has 4 rings (SSSR count). The summed E-state index contributed by atoms with van der Waals surface area (Å²) in [6, 6.07) is 33.5.